The van der Waals surface area contributed by atoms with E-state index in [1.54, 1.807) is 0 Å². The summed E-state index contributed by atoms with van der Waals surface area (Å²) < 4.78 is 38.0. The van der Waals surface area contributed by atoms with Gasteiger partial charge in [0.25, 0.3) is 5.69 Å². The molecule has 1 aromatic rings. The van der Waals surface area contributed by atoms with Crippen LogP contribution in [-0.2, 0) is 6.18 Å². The summed E-state index contributed by atoms with van der Waals surface area (Å²) in [6.45, 7) is 0.851. The number of nitro benzene ring substituents is 1. The number of ketones is 1. The first-order chi connectivity index (χ1) is 8.18. The van der Waals surface area contributed by atoms with Crippen molar-refractivity contribution in [3.63, 3.8) is 0 Å². The van der Waals surface area contributed by atoms with Gasteiger partial charge in [0.1, 0.15) is 0 Å². The van der Waals surface area contributed by atoms with Gasteiger partial charge in [0.05, 0.1) is 10.5 Å². The monoisotopic (exact) mass is 261 g/mol. The molecule has 96 valence electrons. The number of nitrogens with zero attached hydrogens (tertiary/aromatic N) is 1. The standard InChI is InChI=1S/C10H6F3NO4/c1-5(16)9-6(4-15)2-7(14(17)18)3-8(9)10(11,12)13/h2-4H,1H3. The van der Waals surface area contributed by atoms with Crippen molar-refractivity contribution < 1.29 is 27.7 Å². The number of hydrogen-bond donors (Lipinski definition) is 0. The number of nitro groups is 1. The second kappa shape index (κ2) is 4.55. The Balaban J connectivity index is 3.73. The predicted molar refractivity (Wildman–Crippen MR) is 53.5 cm³/mol. The number of Topliss-reactive ketones (excluding diaryl/α,β-unsaturated/α-hetero) is 1. The maximum absolute atomic E-state index is 12.7. The molecule has 1 rings (SSSR count). The molecule has 0 atom stereocenters. The van der Waals surface area contributed by atoms with Crippen LogP contribution >= 0.6 is 0 Å². The number of hydrogen-bond acceptors (Lipinski definition) is 4. The predicted octanol–water partition coefficient (Wildman–Crippen LogP) is 2.63. The summed E-state index contributed by atoms with van der Waals surface area (Å²) in [5.41, 5.74) is -3.88. The number of carbonyl (C=O) groups is 2. The van der Waals surface area contributed by atoms with Crippen LogP contribution in [0, 0.1) is 10.1 Å². The van der Waals surface area contributed by atoms with Crippen molar-refractivity contribution in [2.75, 3.05) is 0 Å². The lowest BCUT2D eigenvalue weighted by atomic mass is 9.97. The first-order valence-electron chi connectivity index (χ1n) is 4.54. The molecule has 0 amide bonds. The van der Waals surface area contributed by atoms with Crippen LogP contribution in [0.1, 0.15) is 33.2 Å². The molecule has 0 aliphatic rings. The Bertz CT molecular complexity index is 537. The van der Waals surface area contributed by atoms with Crippen LogP contribution in [0.25, 0.3) is 0 Å². The second-order valence-corrected chi connectivity index (χ2v) is 3.39. The average molecular weight is 261 g/mol. The lowest BCUT2D eigenvalue weighted by Crippen LogP contribution is -2.15. The molecule has 5 nitrogen and oxygen atoms in total. The number of alkyl halides is 3. The summed E-state index contributed by atoms with van der Waals surface area (Å²) in [6.07, 6.45) is -4.97. The molecule has 0 radical (unpaired) electrons. The molecule has 0 aliphatic heterocycles. The van der Waals surface area contributed by atoms with Crippen molar-refractivity contribution >= 4 is 17.8 Å². The molecule has 0 unspecified atom stereocenters. The van der Waals surface area contributed by atoms with E-state index in [1.807, 2.05) is 0 Å². The Morgan fingerprint density at radius 3 is 2.28 bits per heavy atom. The molecule has 0 aromatic heterocycles. The molecule has 0 saturated heterocycles. The van der Waals surface area contributed by atoms with Gasteiger partial charge in [-0.25, -0.2) is 0 Å². The van der Waals surface area contributed by atoms with Crippen molar-refractivity contribution in [2.24, 2.45) is 0 Å². The van der Waals surface area contributed by atoms with E-state index >= 15 is 0 Å². The van der Waals surface area contributed by atoms with Gasteiger partial charge in [-0.15, -0.1) is 0 Å². The van der Waals surface area contributed by atoms with Crippen molar-refractivity contribution in [1.29, 1.82) is 0 Å². The maximum atomic E-state index is 12.7. The Labute approximate surface area is 98.4 Å². The minimum absolute atomic E-state index is 0.0149. The molecule has 0 aliphatic carbocycles. The molecule has 0 heterocycles. The molecular weight excluding hydrogens is 255 g/mol. The molecule has 1 aromatic carbocycles. The van der Waals surface area contributed by atoms with Crippen molar-refractivity contribution in [2.45, 2.75) is 13.1 Å². The minimum atomic E-state index is -4.95. The van der Waals surface area contributed by atoms with Crippen LogP contribution in [0.15, 0.2) is 12.1 Å². The van der Waals surface area contributed by atoms with E-state index in [4.69, 9.17) is 0 Å². The fourth-order valence-electron chi connectivity index (χ4n) is 1.46. The van der Waals surface area contributed by atoms with Crippen molar-refractivity contribution in [1.82, 2.24) is 0 Å². The van der Waals surface area contributed by atoms with Crippen LogP contribution in [0.2, 0.25) is 0 Å². The number of halogens is 3. The Morgan fingerprint density at radius 1 is 1.39 bits per heavy atom. The lowest BCUT2D eigenvalue weighted by Gasteiger charge is -2.12. The molecule has 0 fully saturated rings. The van der Waals surface area contributed by atoms with Crippen LogP contribution in [0.4, 0.5) is 18.9 Å². The largest absolute Gasteiger partial charge is 0.417 e. The van der Waals surface area contributed by atoms with E-state index in [0.717, 1.165) is 6.92 Å². The average Bonchev–Trinajstić information content (AvgIpc) is 2.25. The van der Waals surface area contributed by atoms with Crippen LogP contribution in [0.3, 0.4) is 0 Å². The van der Waals surface area contributed by atoms with Gasteiger partial charge in [-0.1, -0.05) is 0 Å². The van der Waals surface area contributed by atoms with E-state index in [0.29, 0.717) is 6.07 Å². The highest BCUT2D eigenvalue weighted by Gasteiger charge is 2.37. The van der Waals surface area contributed by atoms with Gasteiger partial charge in [-0.3, -0.25) is 19.7 Å². The fraction of sp³-hybridized carbons (Fsp3) is 0.200. The third-order valence-electron chi connectivity index (χ3n) is 2.15. The Kier molecular flexibility index (Phi) is 3.49. The SMILES string of the molecule is CC(=O)c1c(C=O)cc([N+](=O)[O-])cc1C(F)(F)F. The Morgan fingerprint density at radius 2 is 1.94 bits per heavy atom. The summed E-state index contributed by atoms with van der Waals surface area (Å²) in [6, 6.07) is 0.878. The molecule has 0 N–H and O–H groups in total. The zero-order valence-corrected chi connectivity index (χ0v) is 8.95. The van der Waals surface area contributed by atoms with Crippen LogP contribution in [-0.4, -0.2) is 17.0 Å². The van der Waals surface area contributed by atoms with Gasteiger partial charge >= 0.3 is 6.18 Å². The smallest absolute Gasteiger partial charge is 0.298 e. The third-order valence-corrected chi connectivity index (χ3v) is 2.15. The highest BCUT2D eigenvalue weighted by Crippen LogP contribution is 2.36. The summed E-state index contributed by atoms with van der Waals surface area (Å²) >= 11 is 0. The normalized spacial score (nSPS) is 11.1. The van der Waals surface area contributed by atoms with E-state index in [2.05, 4.69) is 0 Å². The van der Waals surface area contributed by atoms with E-state index < -0.39 is 39.3 Å². The van der Waals surface area contributed by atoms with Crippen LogP contribution in [0.5, 0.6) is 0 Å². The molecule has 0 spiro atoms. The summed E-state index contributed by atoms with van der Waals surface area (Å²) in [5.74, 6) is -0.987. The number of rotatable bonds is 3. The van der Waals surface area contributed by atoms with E-state index in [1.165, 1.54) is 0 Å². The zero-order chi connectivity index (χ0) is 14.1. The number of non-ortho nitro benzene ring substituents is 1. The van der Waals surface area contributed by atoms with Gasteiger partial charge < -0.3 is 0 Å². The minimum Gasteiger partial charge on any atom is -0.298 e. The van der Waals surface area contributed by atoms with Gasteiger partial charge in [0.2, 0.25) is 0 Å². The first kappa shape index (κ1) is 13.8. The third kappa shape index (κ3) is 2.53. The summed E-state index contributed by atoms with van der Waals surface area (Å²) in [4.78, 5) is 31.2. The summed E-state index contributed by atoms with van der Waals surface area (Å²) in [5, 5.41) is 10.5. The molecule has 0 saturated carbocycles. The van der Waals surface area contributed by atoms with Crippen LogP contribution < -0.4 is 0 Å². The van der Waals surface area contributed by atoms with Gasteiger partial charge in [0.15, 0.2) is 12.1 Å². The number of aldehydes is 1. The topological polar surface area (TPSA) is 77.3 Å². The maximum Gasteiger partial charge on any atom is 0.417 e. The fourth-order valence-corrected chi connectivity index (χ4v) is 1.46. The molecule has 0 bridgehead atoms. The van der Waals surface area contributed by atoms with E-state index in [-0.39, 0.29) is 12.4 Å². The first-order valence-corrected chi connectivity index (χ1v) is 4.54. The van der Waals surface area contributed by atoms with Gasteiger partial charge in [-0.2, -0.15) is 13.2 Å². The molecule has 18 heavy (non-hydrogen) atoms. The zero-order valence-electron chi connectivity index (χ0n) is 8.95. The van der Waals surface area contributed by atoms with Crippen molar-refractivity contribution in [3.05, 3.63) is 38.9 Å². The number of benzene rings is 1. The molecular formula is C10H6F3NO4. The second-order valence-electron chi connectivity index (χ2n) is 3.39. The quantitative estimate of drug-likeness (QED) is 0.362. The highest BCUT2D eigenvalue weighted by molar-refractivity contribution is 6.03. The number of carbonyl (C=O) groups excluding carboxylic acids is 2. The highest BCUT2D eigenvalue weighted by atomic mass is 19.4. The van der Waals surface area contributed by atoms with Crippen molar-refractivity contribution in [3.8, 4) is 0 Å². The Hall–Kier alpha value is -2.25. The summed E-state index contributed by atoms with van der Waals surface area (Å²) in [7, 11) is 0. The molecule has 8 heteroatoms. The van der Waals surface area contributed by atoms with E-state index in [9.17, 15) is 32.9 Å². The van der Waals surface area contributed by atoms with Gasteiger partial charge in [-0.05, 0) is 6.92 Å². The van der Waals surface area contributed by atoms with Gasteiger partial charge in [0, 0.05) is 23.3 Å². The lowest BCUT2D eigenvalue weighted by molar-refractivity contribution is -0.385.